The minimum Gasteiger partial charge on any atom is -0.491 e. The number of methoxy groups -OCH3 is 1. The first-order valence-electron chi connectivity index (χ1n) is 8.08. The lowest BCUT2D eigenvalue weighted by Gasteiger charge is -2.07. The van der Waals surface area contributed by atoms with Gasteiger partial charge in [0.15, 0.2) is 0 Å². The molecule has 3 rings (SSSR count). The summed E-state index contributed by atoms with van der Waals surface area (Å²) < 4.78 is 38.7. The van der Waals surface area contributed by atoms with Crippen molar-refractivity contribution < 1.29 is 17.9 Å². The molecule has 1 heterocycles. The van der Waals surface area contributed by atoms with Gasteiger partial charge in [-0.05, 0) is 49.5 Å². The van der Waals surface area contributed by atoms with Gasteiger partial charge in [-0.3, -0.25) is 0 Å². The Balaban J connectivity index is 1.94. The first-order chi connectivity index (χ1) is 12.5. The van der Waals surface area contributed by atoms with Gasteiger partial charge < -0.3 is 14.0 Å². The van der Waals surface area contributed by atoms with E-state index in [1.54, 1.807) is 25.3 Å². The van der Waals surface area contributed by atoms with Crippen LogP contribution in [0.15, 0.2) is 47.4 Å². The van der Waals surface area contributed by atoms with Gasteiger partial charge in [-0.15, -0.1) is 0 Å². The minimum absolute atomic E-state index is 0.194. The molecule has 0 fully saturated rings. The maximum Gasteiger partial charge on any atom is 0.240 e. The Morgan fingerprint density at radius 3 is 2.50 bits per heavy atom. The predicted molar refractivity (Wildman–Crippen MR) is 99.8 cm³/mol. The lowest BCUT2D eigenvalue weighted by molar-refractivity contribution is 0.146. The summed E-state index contributed by atoms with van der Waals surface area (Å²) in [4.78, 5) is 4.80. The Kier molecular flexibility index (Phi) is 5.26. The van der Waals surface area contributed by atoms with Gasteiger partial charge in [0.1, 0.15) is 18.2 Å². The molecule has 0 unspecified atom stereocenters. The summed E-state index contributed by atoms with van der Waals surface area (Å²) in [5.41, 5.74) is 2.40. The number of imidazole rings is 1. The van der Waals surface area contributed by atoms with E-state index in [1.165, 1.54) is 7.05 Å². The molecule has 0 amide bonds. The van der Waals surface area contributed by atoms with Gasteiger partial charge in [-0.1, -0.05) is 0 Å². The SMILES string of the molecule is CNS(=O)(=O)c1ccc2c(c1)nc(-c1ccc(OCCOC)cc1)n2C. The van der Waals surface area contributed by atoms with Crippen molar-refractivity contribution in [3.8, 4) is 17.1 Å². The van der Waals surface area contributed by atoms with Gasteiger partial charge in [-0.2, -0.15) is 0 Å². The van der Waals surface area contributed by atoms with E-state index in [9.17, 15) is 8.42 Å². The number of hydrogen-bond acceptors (Lipinski definition) is 5. The maximum absolute atomic E-state index is 12.0. The molecule has 0 saturated carbocycles. The van der Waals surface area contributed by atoms with E-state index in [-0.39, 0.29) is 4.90 Å². The highest BCUT2D eigenvalue weighted by molar-refractivity contribution is 7.89. The monoisotopic (exact) mass is 375 g/mol. The molecule has 0 radical (unpaired) electrons. The Bertz CT molecular complexity index is 1010. The van der Waals surface area contributed by atoms with Crippen LogP contribution in [0.1, 0.15) is 0 Å². The van der Waals surface area contributed by atoms with Crippen molar-refractivity contribution in [2.24, 2.45) is 7.05 Å². The fraction of sp³-hybridized carbons (Fsp3) is 0.278. The molecule has 0 spiro atoms. The number of sulfonamides is 1. The van der Waals surface area contributed by atoms with Crippen LogP contribution in [-0.4, -0.2) is 45.3 Å². The highest BCUT2D eigenvalue weighted by Gasteiger charge is 2.15. The van der Waals surface area contributed by atoms with Crippen molar-refractivity contribution in [1.82, 2.24) is 14.3 Å². The molecule has 1 N–H and O–H groups in total. The zero-order valence-electron chi connectivity index (χ0n) is 14.9. The number of aryl methyl sites for hydroxylation is 1. The quantitative estimate of drug-likeness (QED) is 0.640. The molecule has 8 heteroatoms. The molecule has 0 aliphatic heterocycles. The number of fused-ring (bicyclic) bond motifs is 1. The molecular formula is C18H21N3O4S. The maximum atomic E-state index is 12.0. The molecular weight excluding hydrogens is 354 g/mol. The molecule has 0 aliphatic carbocycles. The third-order valence-corrected chi connectivity index (χ3v) is 5.51. The zero-order chi connectivity index (χ0) is 18.7. The molecule has 0 saturated heterocycles. The molecule has 26 heavy (non-hydrogen) atoms. The normalized spacial score (nSPS) is 11.8. The summed E-state index contributed by atoms with van der Waals surface area (Å²) in [5.74, 6) is 1.51. The zero-order valence-corrected chi connectivity index (χ0v) is 15.7. The lowest BCUT2D eigenvalue weighted by Crippen LogP contribution is -2.18. The van der Waals surface area contributed by atoms with Gasteiger partial charge in [0, 0.05) is 19.7 Å². The van der Waals surface area contributed by atoms with Gasteiger partial charge in [0.2, 0.25) is 10.0 Å². The van der Waals surface area contributed by atoms with E-state index < -0.39 is 10.0 Å². The van der Waals surface area contributed by atoms with Gasteiger partial charge in [0.25, 0.3) is 0 Å². The van der Waals surface area contributed by atoms with Gasteiger partial charge >= 0.3 is 0 Å². The highest BCUT2D eigenvalue weighted by atomic mass is 32.2. The lowest BCUT2D eigenvalue weighted by atomic mass is 10.2. The van der Waals surface area contributed by atoms with Crippen LogP contribution in [0, 0.1) is 0 Å². The van der Waals surface area contributed by atoms with Crippen LogP contribution in [0.3, 0.4) is 0 Å². The summed E-state index contributed by atoms with van der Waals surface area (Å²) in [5, 5.41) is 0. The number of ether oxygens (including phenoxy) is 2. The molecule has 0 aliphatic rings. The Hall–Kier alpha value is -2.42. The van der Waals surface area contributed by atoms with E-state index in [1.807, 2.05) is 35.9 Å². The number of rotatable bonds is 7. The fourth-order valence-electron chi connectivity index (χ4n) is 2.67. The average molecular weight is 375 g/mol. The van der Waals surface area contributed by atoms with Crippen LogP contribution >= 0.6 is 0 Å². The van der Waals surface area contributed by atoms with Crippen molar-refractivity contribution in [3.63, 3.8) is 0 Å². The third kappa shape index (κ3) is 3.57. The number of aromatic nitrogens is 2. The van der Waals surface area contributed by atoms with E-state index in [0.717, 1.165) is 22.7 Å². The third-order valence-electron chi connectivity index (χ3n) is 4.10. The Morgan fingerprint density at radius 2 is 1.85 bits per heavy atom. The molecule has 0 bridgehead atoms. The van der Waals surface area contributed by atoms with Crippen molar-refractivity contribution in [2.45, 2.75) is 4.90 Å². The van der Waals surface area contributed by atoms with E-state index >= 15 is 0 Å². The number of nitrogens with one attached hydrogen (secondary N) is 1. The summed E-state index contributed by atoms with van der Waals surface area (Å²) in [6.07, 6.45) is 0. The van der Waals surface area contributed by atoms with Crippen LogP contribution in [-0.2, 0) is 21.8 Å². The topological polar surface area (TPSA) is 82.5 Å². The van der Waals surface area contributed by atoms with Crippen LogP contribution < -0.4 is 9.46 Å². The number of hydrogen-bond donors (Lipinski definition) is 1. The number of benzene rings is 2. The second-order valence-electron chi connectivity index (χ2n) is 5.72. The van der Waals surface area contributed by atoms with Crippen molar-refractivity contribution >= 4 is 21.1 Å². The van der Waals surface area contributed by atoms with Crippen molar-refractivity contribution in [2.75, 3.05) is 27.4 Å². The fourth-order valence-corrected chi connectivity index (χ4v) is 3.42. The van der Waals surface area contributed by atoms with Crippen LogP contribution in [0.5, 0.6) is 5.75 Å². The second-order valence-corrected chi connectivity index (χ2v) is 7.60. The van der Waals surface area contributed by atoms with Crippen molar-refractivity contribution in [1.29, 1.82) is 0 Å². The molecule has 2 aromatic carbocycles. The smallest absolute Gasteiger partial charge is 0.240 e. The number of nitrogens with zero attached hydrogens (tertiary/aromatic N) is 2. The van der Waals surface area contributed by atoms with E-state index in [0.29, 0.717) is 18.7 Å². The summed E-state index contributed by atoms with van der Waals surface area (Å²) in [6, 6.07) is 12.5. The minimum atomic E-state index is -3.50. The first-order valence-corrected chi connectivity index (χ1v) is 9.57. The Morgan fingerprint density at radius 1 is 1.12 bits per heavy atom. The van der Waals surface area contributed by atoms with E-state index in [2.05, 4.69) is 9.71 Å². The predicted octanol–water partition coefficient (Wildman–Crippen LogP) is 2.17. The molecule has 0 atom stereocenters. The average Bonchev–Trinajstić information content (AvgIpc) is 2.99. The summed E-state index contributed by atoms with van der Waals surface area (Å²) in [6.45, 7) is 1.02. The molecule has 138 valence electrons. The van der Waals surface area contributed by atoms with Crippen LogP contribution in [0.25, 0.3) is 22.4 Å². The summed E-state index contributed by atoms with van der Waals surface area (Å²) >= 11 is 0. The van der Waals surface area contributed by atoms with Crippen LogP contribution in [0.2, 0.25) is 0 Å². The largest absolute Gasteiger partial charge is 0.491 e. The summed E-state index contributed by atoms with van der Waals surface area (Å²) in [7, 11) is 1.42. The Labute approximate surface area is 152 Å². The van der Waals surface area contributed by atoms with Gasteiger partial charge in [-0.25, -0.2) is 18.1 Å². The van der Waals surface area contributed by atoms with E-state index in [4.69, 9.17) is 9.47 Å². The van der Waals surface area contributed by atoms with Crippen molar-refractivity contribution in [3.05, 3.63) is 42.5 Å². The molecule has 7 nitrogen and oxygen atoms in total. The molecule has 3 aromatic rings. The second kappa shape index (κ2) is 7.45. The highest BCUT2D eigenvalue weighted by Crippen LogP contribution is 2.27. The van der Waals surface area contributed by atoms with Crippen LogP contribution in [0.4, 0.5) is 0 Å². The van der Waals surface area contributed by atoms with Gasteiger partial charge in [0.05, 0.1) is 22.5 Å². The molecule has 1 aromatic heterocycles. The first kappa shape index (κ1) is 18.4. The standard InChI is InChI=1S/C18H21N3O4S/c1-19-26(22,23)15-8-9-17-16(12-15)20-18(21(17)2)13-4-6-14(7-5-13)25-11-10-24-3/h4-9,12,19H,10-11H2,1-3H3.